The monoisotopic (exact) mass is 1530 g/mol. The van der Waals surface area contributed by atoms with Crippen LogP contribution in [0, 0.1) is 47.3 Å². The number of carboxylic acid groups (broad SMARTS) is 2. The third kappa shape index (κ3) is 31.3. The molecule has 0 unspecified atom stereocenters. The molecule has 0 aliphatic heterocycles. The summed E-state index contributed by atoms with van der Waals surface area (Å²) in [6, 6.07) is 58.8. The fraction of sp³-hybridized carbons (Fsp3) is 0.0294. The number of rotatable bonds is 12. The molecular weight excluding hydrogens is 1470 g/mol. The fourth-order valence-corrected chi connectivity index (χ4v) is 7.08. The molecule has 0 aromatic carbocycles. The summed E-state index contributed by atoms with van der Waals surface area (Å²) in [7, 11) is 0. The van der Waals surface area contributed by atoms with Crippen molar-refractivity contribution in [1.82, 2.24) is 59.8 Å². The second kappa shape index (κ2) is 52.1. The van der Waals surface area contributed by atoms with Crippen LogP contribution in [-0.2, 0) is 81.4 Å². The molecule has 12 aromatic heterocycles. The molecule has 477 valence electrons. The average molecular weight is 1520 g/mol. The number of pyridine rings is 12. The van der Waals surface area contributed by atoms with Gasteiger partial charge < -0.3 is 57.5 Å². The predicted octanol–water partition coefficient (Wildman–Crippen LogP) is 12.6. The van der Waals surface area contributed by atoms with Crippen molar-refractivity contribution in [3.63, 3.8) is 0 Å². The molecule has 0 spiro atoms. The van der Waals surface area contributed by atoms with Crippen molar-refractivity contribution in [1.29, 1.82) is 21.0 Å². The predicted molar refractivity (Wildman–Crippen MR) is 333 cm³/mol. The van der Waals surface area contributed by atoms with E-state index in [-0.39, 0.29) is 82.8 Å². The summed E-state index contributed by atoms with van der Waals surface area (Å²) in [5.41, 5.74) is 11.0. The van der Waals surface area contributed by atoms with E-state index in [0.29, 0.717) is 22.8 Å². The first-order valence-electron chi connectivity index (χ1n) is 26.3. The molecule has 0 saturated carbocycles. The van der Waals surface area contributed by atoms with Gasteiger partial charge in [0.1, 0.15) is 13.2 Å². The van der Waals surface area contributed by atoms with Gasteiger partial charge in [-0.2, -0.15) is 0 Å². The molecule has 12 aromatic rings. The van der Waals surface area contributed by atoms with E-state index in [9.17, 15) is 9.59 Å². The van der Waals surface area contributed by atoms with Crippen molar-refractivity contribution < 1.29 is 98.5 Å². The molecule has 0 bridgehead atoms. The van der Waals surface area contributed by atoms with E-state index in [2.05, 4.69) is 69.6 Å². The van der Waals surface area contributed by atoms with Crippen molar-refractivity contribution >= 4 is 11.9 Å². The maximum atomic E-state index is 10.8. The summed E-state index contributed by atoms with van der Waals surface area (Å²) < 4.78 is 0. The van der Waals surface area contributed by atoms with E-state index in [4.69, 9.17) is 68.1 Å². The van der Waals surface area contributed by atoms with Gasteiger partial charge in [0.25, 0.3) is 0 Å². The van der Waals surface area contributed by atoms with E-state index in [1.807, 2.05) is 146 Å². The Bertz CT molecular complexity index is 3490. The summed E-state index contributed by atoms with van der Waals surface area (Å²) >= 11 is 0. The normalized spacial score (nSPS) is 8.86. The number of carboxylic acids is 2. The van der Waals surface area contributed by atoms with Crippen LogP contribution >= 0.6 is 0 Å². The minimum atomic E-state index is -1.08. The molecule has 27 heteroatoms. The van der Waals surface area contributed by atoms with E-state index in [1.54, 1.807) is 86.2 Å². The molecule has 24 nitrogen and oxygen atoms in total. The number of nitrogens with zero attached hydrogens (tertiary/aromatic N) is 16. The Balaban J connectivity index is 0.00000109. The smallest absolute Gasteiger partial charge is 0.512 e. The molecule has 1 radical (unpaired) electrons. The fourth-order valence-electron chi connectivity index (χ4n) is 7.08. The molecule has 0 atom stereocenters. The molecule has 0 saturated heterocycles. The quantitative estimate of drug-likeness (QED) is 0.0382. The molecule has 4 N–H and O–H groups in total. The van der Waals surface area contributed by atoms with Gasteiger partial charge in [0, 0.05) is 93.8 Å². The van der Waals surface area contributed by atoms with E-state index in [0.717, 1.165) is 56.7 Å². The first kappa shape index (κ1) is 83.4. The van der Waals surface area contributed by atoms with Gasteiger partial charge in [0.05, 0.1) is 79.5 Å². The Morgan fingerprint density at radius 1 is 0.295 bits per heavy atom. The zero-order valence-electron chi connectivity index (χ0n) is 49.5. The number of aromatic nitrogens is 12. The second-order valence-electron chi connectivity index (χ2n) is 16.8. The first-order chi connectivity index (χ1) is 45.3. The Hall–Kier alpha value is -11.6. The Morgan fingerprint density at radius 3 is 0.642 bits per heavy atom. The Morgan fingerprint density at radius 2 is 0.474 bits per heavy atom. The van der Waals surface area contributed by atoms with Crippen molar-refractivity contribution in [2.24, 2.45) is 0 Å². The summed E-state index contributed by atoms with van der Waals surface area (Å²) in [5.74, 6) is -2.15. The summed E-state index contributed by atoms with van der Waals surface area (Å²) in [5, 5.41) is 59.5. The van der Waals surface area contributed by atoms with Gasteiger partial charge in [-0.05, 0) is 157 Å². The number of hydrogen-bond acceptors (Lipinski definition) is 22. The van der Waals surface area contributed by atoms with Crippen LogP contribution in [0.5, 0.6) is 0 Å². The van der Waals surface area contributed by atoms with Gasteiger partial charge >= 0.3 is 50.9 Å². The SMILES string of the molecule is O=C(O)c1ccnc(-c2cc(C(=O)O)ccn2)c1.OOCc1ccnc(-c2cc(COO)ccn2)c1.[C-]#N.[C-]#N.[C-]#N.[C-]#N.[Ru+2].[Ru+].[Ru].c1ccc(-c2ccccn2)nc1.c1ccc(-c2ccccn2)nc1.c1ccc(-c2ccccn2)nc1.c1ccc(-c2ccccn2)nc1. The third-order valence-electron chi connectivity index (χ3n) is 11.0. The van der Waals surface area contributed by atoms with Gasteiger partial charge in [-0.15, -0.1) is 0 Å². The molecule has 0 aliphatic rings. The van der Waals surface area contributed by atoms with Crippen LogP contribution in [0.4, 0.5) is 0 Å². The maximum absolute atomic E-state index is 10.8. The van der Waals surface area contributed by atoms with Gasteiger partial charge in [0.15, 0.2) is 0 Å². The zero-order chi connectivity index (χ0) is 66.8. The Kier molecular flexibility index (Phi) is 45.7. The van der Waals surface area contributed by atoms with E-state index >= 15 is 0 Å². The van der Waals surface area contributed by atoms with Gasteiger partial charge in [-0.3, -0.25) is 70.3 Å². The number of aromatic carboxylic acids is 2. The van der Waals surface area contributed by atoms with Gasteiger partial charge in [-0.25, -0.2) is 19.4 Å². The zero-order valence-corrected chi connectivity index (χ0v) is 54.7. The summed E-state index contributed by atoms with van der Waals surface area (Å²) in [4.78, 5) is 79.6. The summed E-state index contributed by atoms with van der Waals surface area (Å²) in [6.07, 6.45) is 20.0. The maximum Gasteiger partial charge on any atom is 2.00 e. The van der Waals surface area contributed by atoms with E-state index in [1.165, 1.54) is 36.7 Å². The molecule has 12 heterocycles. The van der Waals surface area contributed by atoms with Gasteiger partial charge in [-0.1, -0.05) is 48.5 Å². The van der Waals surface area contributed by atoms with Crippen LogP contribution in [0.1, 0.15) is 31.8 Å². The minimum absolute atomic E-state index is 0. The van der Waals surface area contributed by atoms with Crippen molar-refractivity contribution in [2.75, 3.05) is 0 Å². The average Bonchev–Trinajstić information content (AvgIpc) is 1.08. The van der Waals surface area contributed by atoms with Gasteiger partial charge in [0.2, 0.25) is 0 Å². The van der Waals surface area contributed by atoms with Crippen LogP contribution in [0.2, 0.25) is 0 Å². The van der Waals surface area contributed by atoms with Crippen molar-refractivity contribution in [2.45, 2.75) is 13.2 Å². The molecule has 0 aliphatic carbocycles. The molecule has 12 rings (SSSR count). The van der Waals surface area contributed by atoms with Crippen LogP contribution in [-0.4, -0.2) is 92.5 Å². The van der Waals surface area contributed by atoms with Crippen molar-refractivity contribution in [3.8, 4) is 68.3 Å². The molecule has 0 amide bonds. The standard InChI is InChI=1S/C12H12N2O4.C12H8N2O4.4C10H8N2.4CN.3Ru/c15-17-7-9-1-3-13-11(5-9)12-6-10(8-18-16)2-4-14-12;15-11(16)7-1-3-13-9(5-7)10-6-8(12(17)18)2-4-14-10;4*1-3-7-11-9(5-1)10-6-2-4-8-12-10;4*1-2;;;/h1-6,15-16H,7-8H2;1-6H,(H,15,16)(H,17,18);4*1-8H;;;;;;;/q;;;;;;4*-1;;+1;+2. The third-order valence-corrected chi connectivity index (χ3v) is 11.0. The molecule has 0 fully saturated rings. The second-order valence-corrected chi connectivity index (χ2v) is 16.8. The number of hydrogen-bond donors (Lipinski definition) is 4. The Labute approximate surface area is 585 Å². The van der Waals surface area contributed by atoms with Crippen LogP contribution in [0.3, 0.4) is 0 Å². The minimum Gasteiger partial charge on any atom is -0.512 e. The largest absolute Gasteiger partial charge is 2.00 e. The topological polar surface area (TPSA) is 383 Å². The summed E-state index contributed by atoms with van der Waals surface area (Å²) in [6.45, 7) is 19.2. The molecule has 95 heavy (non-hydrogen) atoms. The van der Waals surface area contributed by atoms with Crippen LogP contribution in [0.15, 0.2) is 268 Å². The van der Waals surface area contributed by atoms with Crippen LogP contribution in [0.25, 0.3) is 68.3 Å². The van der Waals surface area contributed by atoms with E-state index < -0.39 is 11.9 Å². The van der Waals surface area contributed by atoms with Crippen LogP contribution < -0.4 is 0 Å². The van der Waals surface area contributed by atoms with Crippen molar-refractivity contribution in [3.05, 3.63) is 317 Å². The molecular formula is C68H52N16O8Ru3-. The number of carbonyl (C=O) groups is 2. The first-order valence-corrected chi connectivity index (χ1v) is 26.3.